The fraction of sp³-hybridized carbons (Fsp3) is 0.765. The summed E-state index contributed by atoms with van der Waals surface area (Å²) < 4.78 is 7.50. The molecule has 1 atom stereocenters. The van der Waals surface area contributed by atoms with Gasteiger partial charge in [0.2, 0.25) is 5.91 Å². The van der Waals surface area contributed by atoms with Crippen molar-refractivity contribution in [1.29, 1.82) is 0 Å². The van der Waals surface area contributed by atoms with Crippen molar-refractivity contribution >= 4 is 11.7 Å². The Balaban J connectivity index is 1.52. The molecule has 3 rings (SSSR count). The number of hydrogen-bond donors (Lipinski definition) is 0. The number of carbonyl (C=O) groups excluding carboxylic acids is 1. The number of likely N-dealkylation sites (N-methyl/N-ethyl adjacent to an activating group) is 1. The van der Waals surface area contributed by atoms with E-state index in [1.54, 1.807) is 9.58 Å². The van der Waals surface area contributed by atoms with Crippen molar-refractivity contribution in [3.8, 4) is 0 Å². The SMILES string of the molecule is CN(CCN1CCOC(C)(C)C1)C1CCN(c2ccn(C)n2)C1=O. The first-order valence-corrected chi connectivity index (χ1v) is 8.73. The fourth-order valence-electron chi connectivity index (χ4n) is 3.61. The second kappa shape index (κ2) is 6.82. The van der Waals surface area contributed by atoms with Crippen LogP contribution in [0.15, 0.2) is 12.3 Å². The first kappa shape index (κ1) is 17.4. The van der Waals surface area contributed by atoms with Crippen LogP contribution in [0.25, 0.3) is 0 Å². The predicted molar refractivity (Wildman–Crippen MR) is 93.1 cm³/mol. The lowest BCUT2D eigenvalue weighted by molar-refractivity contribution is -0.121. The van der Waals surface area contributed by atoms with Gasteiger partial charge in [0, 0.05) is 52.0 Å². The number of ether oxygens (including phenoxy) is 1. The molecule has 0 radical (unpaired) electrons. The molecule has 0 spiro atoms. The van der Waals surface area contributed by atoms with Crippen LogP contribution in [0, 0.1) is 0 Å². The zero-order chi connectivity index (χ0) is 17.3. The summed E-state index contributed by atoms with van der Waals surface area (Å²) in [6.45, 7) is 9.57. The number of aromatic nitrogens is 2. The molecule has 0 aromatic carbocycles. The maximum absolute atomic E-state index is 12.7. The molecule has 134 valence electrons. The quantitative estimate of drug-likeness (QED) is 0.787. The standard InChI is InChI=1S/C17H29N5O2/c1-17(2)13-21(11-12-24-17)10-9-19(3)14-5-8-22(16(14)23)15-6-7-20(4)18-15/h6-7,14H,5,8-13H2,1-4H3. The highest BCUT2D eigenvalue weighted by Gasteiger charge is 2.36. The number of nitrogens with zero attached hydrogens (tertiary/aromatic N) is 5. The van der Waals surface area contributed by atoms with E-state index in [1.165, 1.54) is 0 Å². The van der Waals surface area contributed by atoms with Gasteiger partial charge in [0.25, 0.3) is 0 Å². The highest BCUT2D eigenvalue weighted by atomic mass is 16.5. The molecular weight excluding hydrogens is 306 g/mol. The van der Waals surface area contributed by atoms with E-state index in [9.17, 15) is 4.79 Å². The summed E-state index contributed by atoms with van der Waals surface area (Å²) in [4.78, 5) is 19.1. The first-order valence-electron chi connectivity index (χ1n) is 8.73. The lowest BCUT2D eigenvalue weighted by Crippen LogP contribution is -2.51. The van der Waals surface area contributed by atoms with Crippen LogP contribution in [0.5, 0.6) is 0 Å². The average molecular weight is 335 g/mol. The van der Waals surface area contributed by atoms with E-state index in [-0.39, 0.29) is 17.6 Å². The summed E-state index contributed by atoms with van der Waals surface area (Å²) in [5.74, 6) is 0.923. The Morgan fingerprint density at radius 1 is 1.42 bits per heavy atom. The average Bonchev–Trinajstić information content (AvgIpc) is 3.10. The molecule has 7 heteroatoms. The van der Waals surface area contributed by atoms with Crippen molar-refractivity contribution in [1.82, 2.24) is 19.6 Å². The molecule has 1 unspecified atom stereocenters. The summed E-state index contributed by atoms with van der Waals surface area (Å²) in [7, 11) is 3.92. The summed E-state index contributed by atoms with van der Waals surface area (Å²) in [5.41, 5.74) is -0.0736. The molecule has 1 amide bonds. The minimum atomic E-state index is -0.0736. The van der Waals surface area contributed by atoms with Crippen LogP contribution in [-0.2, 0) is 16.6 Å². The molecule has 2 fully saturated rings. The molecule has 3 heterocycles. The van der Waals surface area contributed by atoms with Crippen LogP contribution in [0.1, 0.15) is 20.3 Å². The third-order valence-electron chi connectivity index (χ3n) is 4.96. The van der Waals surface area contributed by atoms with E-state index in [4.69, 9.17) is 4.74 Å². The highest BCUT2D eigenvalue weighted by Crippen LogP contribution is 2.22. The van der Waals surface area contributed by atoms with Crippen molar-refractivity contribution in [2.75, 3.05) is 51.3 Å². The van der Waals surface area contributed by atoms with Crippen LogP contribution in [0.3, 0.4) is 0 Å². The molecule has 2 aliphatic rings. The summed E-state index contributed by atoms with van der Waals surface area (Å²) in [6.07, 6.45) is 2.74. The largest absolute Gasteiger partial charge is 0.373 e. The zero-order valence-electron chi connectivity index (χ0n) is 15.2. The lowest BCUT2D eigenvalue weighted by Gasteiger charge is -2.39. The molecule has 24 heavy (non-hydrogen) atoms. The summed E-state index contributed by atoms with van der Waals surface area (Å²) >= 11 is 0. The number of carbonyl (C=O) groups is 1. The smallest absolute Gasteiger partial charge is 0.245 e. The molecule has 7 nitrogen and oxygen atoms in total. The Morgan fingerprint density at radius 3 is 2.88 bits per heavy atom. The molecule has 1 aromatic rings. The Kier molecular flexibility index (Phi) is 4.94. The van der Waals surface area contributed by atoms with E-state index in [0.29, 0.717) is 0 Å². The molecule has 2 saturated heterocycles. The van der Waals surface area contributed by atoms with Crippen molar-refractivity contribution in [2.24, 2.45) is 7.05 Å². The molecule has 0 bridgehead atoms. The molecule has 0 saturated carbocycles. The molecule has 0 N–H and O–H groups in total. The summed E-state index contributed by atoms with van der Waals surface area (Å²) in [6, 6.07) is 1.86. The van der Waals surface area contributed by atoms with Crippen molar-refractivity contribution < 1.29 is 9.53 Å². The van der Waals surface area contributed by atoms with Crippen LogP contribution >= 0.6 is 0 Å². The second-order valence-electron chi connectivity index (χ2n) is 7.51. The maximum atomic E-state index is 12.7. The van der Waals surface area contributed by atoms with E-state index in [0.717, 1.165) is 51.6 Å². The Labute approximate surface area is 144 Å². The topological polar surface area (TPSA) is 53.8 Å². The Hall–Kier alpha value is -1.44. The van der Waals surface area contributed by atoms with Gasteiger partial charge < -0.3 is 4.74 Å². The summed E-state index contributed by atoms with van der Waals surface area (Å²) in [5, 5.41) is 4.35. The fourth-order valence-corrected chi connectivity index (χ4v) is 3.61. The van der Waals surface area contributed by atoms with Gasteiger partial charge in [-0.1, -0.05) is 0 Å². The minimum Gasteiger partial charge on any atom is -0.373 e. The first-order chi connectivity index (χ1) is 11.4. The number of amides is 1. The van der Waals surface area contributed by atoms with Crippen molar-refractivity contribution in [3.63, 3.8) is 0 Å². The van der Waals surface area contributed by atoms with Gasteiger partial charge in [-0.05, 0) is 27.3 Å². The van der Waals surface area contributed by atoms with Gasteiger partial charge in [-0.2, -0.15) is 5.10 Å². The second-order valence-corrected chi connectivity index (χ2v) is 7.51. The monoisotopic (exact) mass is 335 g/mol. The molecular formula is C17H29N5O2. The molecule has 1 aromatic heterocycles. The lowest BCUT2D eigenvalue weighted by atomic mass is 10.1. The zero-order valence-corrected chi connectivity index (χ0v) is 15.2. The highest BCUT2D eigenvalue weighted by molar-refractivity contribution is 5.98. The van der Waals surface area contributed by atoms with Gasteiger partial charge in [-0.25, -0.2) is 0 Å². The number of anilines is 1. The van der Waals surface area contributed by atoms with Crippen LogP contribution < -0.4 is 4.90 Å². The third kappa shape index (κ3) is 3.79. The minimum absolute atomic E-state index is 0.0407. The van der Waals surface area contributed by atoms with E-state index in [2.05, 4.69) is 35.8 Å². The normalized spacial score (nSPS) is 25.0. The van der Waals surface area contributed by atoms with Crippen LogP contribution in [-0.4, -0.2) is 83.5 Å². The van der Waals surface area contributed by atoms with Crippen LogP contribution in [0.4, 0.5) is 5.82 Å². The Morgan fingerprint density at radius 2 is 2.21 bits per heavy atom. The maximum Gasteiger partial charge on any atom is 0.245 e. The number of hydrogen-bond acceptors (Lipinski definition) is 5. The van der Waals surface area contributed by atoms with Gasteiger partial charge >= 0.3 is 0 Å². The number of aryl methyl sites for hydroxylation is 1. The molecule has 0 aliphatic carbocycles. The van der Waals surface area contributed by atoms with Gasteiger partial charge in [0.05, 0.1) is 18.2 Å². The van der Waals surface area contributed by atoms with Crippen molar-refractivity contribution in [2.45, 2.75) is 31.9 Å². The molecule has 2 aliphatic heterocycles. The van der Waals surface area contributed by atoms with E-state index >= 15 is 0 Å². The van der Waals surface area contributed by atoms with Gasteiger partial charge in [0.15, 0.2) is 5.82 Å². The van der Waals surface area contributed by atoms with Crippen LogP contribution in [0.2, 0.25) is 0 Å². The number of morpholine rings is 1. The Bertz CT molecular complexity index is 585. The third-order valence-corrected chi connectivity index (χ3v) is 4.96. The van der Waals surface area contributed by atoms with Gasteiger partial charge in [-0.3, -0.25) is 24.2 Å². The predicted octanol–water partition coefficient (Wildman–Crippen LogP) is 0.568. The van der Waals surface area contributed by atoms with Crippen molar-refractivity contribution in [3.05, 3.63) is 12.3 Å². The van der Waals surface area contributed by atoms with E-state index < -0.39 is 0 Å². The van der Waals surface area contributed by atoms with E-state index in [1.807, 2.05) is 19.3 Å². The van der Waals surface area contributed by atoms with Gasteiger partial charge in [0.1, 0.15) is 0 Å². The van der Waals surface area contributed by atoms with Gasteiger partial charge in [-0.15, -0.1) is 0 Å². The number of rotatable bonds is 5.